The number of rotatable bonds is 14. The van der Waals surface area contributed by atoms with Crippen molar-refractivity contribution < 1.29 is 89.9 Å². The Morgan fingerprint density at radius 2 is 1.60 bits per heavy atom. The molecule has 2 aliphatic rings. The molecule has 4 rings (SSSR count). The number of alkyl halides is 1. The molecule has 0 bridgehead atoms. The Kier molecular flexibility index (Phi) is 13.4. The summed E-state index contributed by atoms with van der Waals surface area (Å²) in [5.74, 6) is -4.11. The first-order chi connectivity index (χ1) is 24.2. The molecule has 27 heteroatoms. The number of hydrogen-bond donors (Lipinski definition) is 5. The van der Waals surface area contributed by atoms with Gasteiger partial charge in [-0.25, -0.2) is 27.9 Å². The van der Waals surface area contributed by atoms with Gasteiger partial charge < -0.3 is 58.7 Å². The minimum Gasteiger partial charge on any atom is -0.463 e. The number of aromatic nitrogens is 4. The molecule has 0 aromatic carbocycles. The molecule has 2 fully saturated rings. The molecule has 0 spiro atoms. The average molecular weight is 806 g/mol. The van der Waals surface area contributed by atoms with Gasteiger partial charge in [0.25, 0.3) is 0 Å². The molecule has 6 N–H and O–H groups in total. The number of nitrogen functional groups attached to an aromatic ring is 1. The van der Waals surface area contributed by atoms with Crippen LogP contribution in [0, 0.1) is 0 Å². The van der Waals surface area contributed by atoms with E-state index in [1.807, 2.05) is 0 Å². The van der Waals surface area contributed by atoms with Gasteiger partial charge in [0.15, 0.2) is 36.4 Å². The molecule has 4 heterocycles. The molecule has 7 unspecified atom stereocenters. The Balaban J connectivity index is 1.52. The predicted octanol–water partition coefficient (Wildman–Crippen LogP) is -1.18. The second-order valence-corrected chi connectivity index (χ2v) is 15.4. The van der Waals surface area contributed by atoms with Crippen LogP contribution in [0.25, 0.3) is 11.0 Å². The molecule has 23 nitrogen and oxygen atoms in total. The Morgan fingerprint density at radius 3 is 2.21 bits per heavy atom. The van der Waals surface area contributed by atoms with E-state index in [9.17, 15) is 43.7 Å². The summed E-state index contributed by atoms with van der Waals surface area (Å²) in [6.45, 7) is -3.13. The topological polar surface area (TPSA) is 319 Å². The van der Waals surface area contributed by atoms with Gasteiger partial charge in [0, 0.05) is 27.7 Å². The lowest BCUT2D eigenvalue weighted by atomic mass is 9.95. The predicted molar refractivity (Wildman–Crippen MR) is 167 cm³/mol. The summed E-state index contributed by atoms with van der Waals surface area (Å²) in [7, 11) is -5.73. The van der Waals surface area contributed by atoms with Crippen molar-refractivity contribution in [2.24, 2.45) is 0 Å². The molecule has 12 atom stereocenters. The molecular formula is C25H34FN5O18P2S. The van der Waals surface area contributed by atoms with Crippen LogP contribution in [0.4, 0.5) is 10.2 Å². The van der Waals surface area contributed by atoms with E-state index in [0.717, 1.165) is 38.7 Å². The van der Waals surface area contributed by atoms with Gasteiger partial charge in [-0.05, 0) is 11.8 Å². The van der Waals surface area contributed by atoms with E-state index in [-0.39, 0.29) is 11.5 Å². The summed E-state index contributed by atoms with van der Waals surface area (Å²) in [4.78, 5) is 76.4. The Morgan fingerprint density at radius 1 is 0.981 bits per heavy atom. The molecule has 0 radical (unpaired) electrons. The van der Waals surface area contributed by atoms with Gasteiger partial charge in [0.05, 0.1) is 18.2 Å². The number of aliphatic hydroxyl groups is 2. The van der Waals surface area contributed by atoms with E-state index in [1.165, 1.54) is 6.20 Å². The van der Waals surface area contributed by atoms with Crippen LogP contribution in [-0.2, 0) is 77.3 Å². The Hall–Kier alpha value is -3.32. The highest BCUT2D eigenvalue weighted by atomic mass is 32.5. The molecular weight excluding hydrogens is 771 g/mol. The molecule has 2 aromatic heterocycles. The number of halogens is 1. The zero-order valence-corrected chi connectivity index (χ0v) is 30.0. The van der Waals surface area contributed by atoms with Gasteiger partial charge >= 0.3 is 38.4 Å². The summed E-state index contributed by atoms with van der Waals surface area (Å²) < 4.78 is 75.5. The zero-order chi connectivity index (χ0) is 38.7. The van der Waals surface area contributed by atoms with Crippen LogP contribution in [0.3, 0.4) is 0 Å². The fraction of sp³-hybridized carbons (Fsp3) is 0.640. The van der Waals surface area contributed by atoms with Gasteiger partial charge in [-0.3, -0.25) is 23.7 Å². The van der Waals surface area contributed by atoms with Gasteiger partial charge in [0.1, 0.15) is 43.2 Å². The highest BCUT2D eigenvalue weighted by Gasteiger charge is 2.57. The minimum atomic E-state index is -5.73. The second-order valence-electron chi connectivity index (χ2n) is 11.1. The van der Waals surface area contributed by atoms with Crippen molar-refractivity contribution in [2.45, 2.75) is 89.1 Å². The smallest absolute Gasteiger partial charge is 0.463 e. The number of anilines is 1. The number of esters is 4. The fourth-order valence-corrected chi connectivity index (χ4v) is 8.17. The zero-order valence-electron chi connectivity index (χ0n) is 27.4. The summed E-state index contributed by atoms with van der Waals surface area (Å²) in [6, 6.07) is 0. The molecule has 0 aliphatic carbocycles. The molecule has 0 amide bonds. The SMILES string of the molecule is CC(=O)OC[C@H](F)C1O[C@@H](OP(=O)(O)OP(O)(=S)OC[C@H]2O[C@@H](n3ncc4c(N)ncnc43)C(O)C2O)C(OC(C)=O)C(OC(C)=O)[C@@H]1OC(C)=O. The standard InChI is InChI=1S/C25H34FN5O18P2S/c1-9(32)41-6-14(26)18-19(43-10(2)33)20(44-11(3)34)21(45-12(4)35)25(47-18)48-50(38,39)49-51(40,52)42-7-15-16(36)17(37)24(46-15)31-23-13(5-30-31)22(27)28-8-29-23/h5,8,14-21,24-25,36-37H,6-7H2,1-4H3,(H,38,39)(H,40,52)(H2,27,28,29)/t14-,15+,16?,17?,18?,19+,20?,21?,24+,25-,51?/m0/s1. The van der Waals surface area contributed by atoms with E-state index < -0.39 is 113 Å². The number of fused-ring (bicyclic) bond motifs is 1. The summed E-state index contributed by atoms with van der Waals surface area (Å²) >= 11 is 4.82. The van der Waals surface area contributed by atoms with Crippen molar-refractivity contribution in [1.29, 1.82) is 0 Å². The van der Waals surface area contributed by atoms with Crippen molar-refractivity contribution in [3.8, 4) is 0 Å². The van der Waals surface area contributed by atoms with Crippen molar-refractivity contribution >= 4 is 67.1 Å². The van der Waals surface area contributed by atoms with Crippen LogP contribution in [0.15, 0.2) is 12.5 Å². The number of nitrogens with two attached hydrogens (primary N) is 1. The highest BCUT2D eigenvalue weighted by Crippen LogP contribution is 2.62. The van der Waals surface area contributed by atoms with E-state index in [0.29, 0.717) is 5.39 Å². The average Bonchev–Trinajstić information content (AvgIpc) is 3.57. The lowest BCUT2D eigenvalue weighted by Gasteiger charge is -2.44. The summed E-state index contributed by atoms with van der Waals surface area (Å²) in [6.07, 6.45) is -16.5. The van der Waals surface area contributed by atoms with E-state index >= 15 is 4.39 Å². The fourth-order valence-electron chi connectivity index (χ4n) is 5.08. The van der Waals surface area contributed by atoms with Crippen molar-refractivity contribution in [2.75, 3.05) is 18.9 Å². The normalized spacial score (nSPS) is 30.4. The van der Waals surface area contributed by atoms with Gasteiger partial charge in [0.2, 0.25) is 6.29 Å². The third kappa shape index (κ3) is 10.2. The molecule has 290 valence electrons. The number of phosphoric acid groups is 1. The first-order valence-electron chi connectivity index (χ1n) is 14.8. The maximum Gasteiger partial charge on any atom is 0.481 e. The number of carbonyl (C=O) groups is 4. The van der Waals surface area contributed by atoms with Crippen LogP contribution in [0.5, 0.6) is 0 Å². The first-order valence-corrected chi connectivity index (χ1v) is 18.9. The molecule has 0 saturated carbocycles. The van der Waals surface area contributed by atoms with Crippen LogP contribution >= 0.6 is 14.5 Å². The number of ether oxygens (including phenoxy) is 6. The Labute approximate surface area is 297 Å². The third-order valence-corrected chi connectivity index (χ3v) is 10.6. The van der Waals surface area contributed by atoms with Gasteiger partial charge in [-0.15, -0.1) is 0 Å². The summed E-state index contributed by atoms with van der Waals surface area (Å²) in [5.41, 5.74) is 5.94. The Bertz CT molecular complexity index is 1760. The van der Waals surface area contributed by atoms with Crippen molar-refractivity contribution in [3.63, 3.8) is 0 Å². The first kappa shape index (κ1) is 41.4. The van der Waals surface area contributed by atoms with Crippen molar-refractivity contribution in [1.82, 2.24) is 19.7 Å². The van der Waals surface area contributed by atoms with E-state index in [1.54, 1.807) is 0 Å². The molecule has 2 aromatic rings. The van der Waals surface area contributed by atoms with Crippen LogP contribution in [0.1, 0.15) is 33.9 Å². The van der Waals surface area contributed by atoms with E-state index in [4.69, 9.17) is 50.3 Å². The van der Waals surface area contributed by atoms with E-state index in [2.05, 4.69) is 24.1 Å². The number of phosphoric ester groups is 1. The number of aliphatic hydroxyl groups excluding tert-OH is 2. The quantitative estimate of drug-likeness (QED) is 0.0852. The third-order valence-electron chi connectivity index (χ3n) is 7.08. The minimum absolute atomic E-state index is 0.0730. The largest absolute Gasteiger partial charge is 0.481 e. The maximum atomic E-state index is 15.4. The monoisotopic (exact) mass is 805 g/mol. The lowest BCUT2D eigenvalue weighted by molar-refractivity contribution is -0.296. The highest BCUT2D eigenvalue weighted by molar-refractivity contribution is 8.08. The van der Waals surface area contributed by atoms with Crippen LogP contribution < -0.4 is 5.73 Å². The second kappa shape index (κ2) is 16.8. The maximum absolute atomic E-state index is 15.4. The molecule has 2 saturated heterocycles. The van der Waals surface area contributed by atoms with Crippen LogP contribution in [-0.4, -0.2) is 132 Å². The van der Waals surface area contributed by atoms with Gasteiger partial charge in [-0.2, -0.15) is 5.10 Å². The lowest BCUT2D eigenvalue weighted by Crippen LogP contribution is -2.64. The number of carbonyl (C=O) groups excluding carboxylic acids is 4. The van der Waals surface area contributed by atoms with Crippen LogP contribution in [0.2, 0.25) is 0 Å². The number of nitrogens with zero attached hydrogens (tertiary/aromatic N) is 4. The molecule has 52 heavy (non-hydrogen) atoms. The summed E-state index contributed by atoms with van der Waals surface area (Å²) in [5, 5.41) is 25.6. The van der Waals surface area contributed by atoms with Crippen molar-refractivity contribution in [3.05, 3.63) is 12.5 Å². The van der Waals surface area contributed by atoms with Gasteiger partial charge in [-0.1, -0.05) is 0 Å². The number of hydrogen-bond acceptors (Lipinski definition) is 21. The molecule has 2 aliphatic heterocycles.